The average molecular weight is 245 g/mol. The third-order valence-corrected chi connectivity index (χ3v) is 2.73. The molecular formula is C15H16FNO. The molecule has 0 radical (unpaired) electrons. The van der Waals surface area contributed by atoms with E-state index in [9.17, 15) is 4.39 Å². The zero-order valence-electron chi connectivity index (χ0n) is 10.3. The second-order valence-electron chi connectivity index (χ2n) is 4.01. The van der Waals surface area contributed by atoms with Gasteiger partial charge in [0.1, 0.15) is 11.6 Å². The zero-order valence-corrected chi connectivity index (χ0v) is 10.3. The minimum absolute atomic E-state index is 0.266. The number of nitrogens with one attached hydrogen (secondary N) is 1. The Labute approximate surface area is 106 Å². The molecule has 0 heterocycles. The molecule has 2 nitrogen and oxygen atoms in total. The van der Waals surface area contributed by atoms with Crippen LogP contribution in [0.5, 0.6) is 5.75 Å². The van der Waals surface area contributed by atoms with E-state index >= 15 is 0 Å². The first-order valence-corrected chi connectivity index (χ1v) is 5.91. The smallest absolute Gasteiger partial charge is 0.142 e. The van der Waals surface area contributed by atoms with Crippen LogP contribution < -0.4 is 10.1 Å². The molecule has 0 aromatic heterocycles. The Balaban J connectivity index is 1.96. The molecule has 18 heavy (non-hydrogen) atoms. The third-order valence-electron chi connectivity index (χ3n) is 2.73. The number of ether oxygens (including phenoxy) is 1. The van der Waals surface area contributed by atoms with Crippen molar-refractivity contribution in [3.63, 3.8) is 0 Å². The highest BCUT2D eigenvalue weighted by Gasteiger charge is 2.03. The zero-order chi connectivity index (χ0) is 12.8. The van der Waals surface area contributed by atoms with Crippen LogP contribution in [-0.2, 0) is 6.42 Å². The van der Waals surface area contributed by atoms with Gasteiger partial charge in [-0.15, -0.1) is 0 Å². The van der Waals surface area contributed by atoms with E-state index in [2.05, 4.69) is 17.4 Å². The highest BCUT2D eigenvalue weighted by molar-refractivity contribution is 5.56. The molecule has 0 unspecified atom stereocenters. The molecule has 0 fully saturated rings. The van der Waals surface area contributed by atoms with Crippen LogP contribution in [0.25, 0.3) is 0 Å². The third kappa shape index (κ3) is 3.23. The van der Waals surface area contributed by atoms with Crippen molar-refractivity contribution in [1.29, 1.82) is 0 Å². The normalized spacial score (nSPS) is 10.1. The molecule has 0 amide bonds. The first kappa shape index (κ1) is 12.4. The van der Waals surface area contributed by atoms with Crippen molar-refractivity contribution in [1.82, 2.24) is 0 Å². The molecule has 0 saturated carbocycles. The van der Waals surface area contributed by atoms with E-state index in [1.807, 2.05) is 18.2 Å². The Bertz CT molecular complexity index is 499. The Hall–Kier alpha value is -2.03. The first-order chi connectivity index (χ1) is 8.79. The lowest BCUT2D eigenvalue weighted by Gasteiger charge is -2.11. The summed E-state index contributed by atoms with van der Waals surface area (Å²) in [6, 6.07) is 14.6. The van der Waals surface area contributed by atoms with Gasteiger partial charge in [-0.05, 0) is 24.1 Å². The van der Waals surface area contributed by atoms with Crippen LogP contribution in [0.15, 0.2) is 48.5 Å². The van der Waals surface area contributed by atoms with Crippen LogP contribution in [-0.4, -0.2) is 13.7 Å². The summed E-state index contributed by atoms with van der Waals surface area (Å²) in [7, 11) is 1.58. The standard InChI is InChI=1S/C15H16FNO/c1-18-15-8-7-13(16)11-14(15)17-10-9-12-5-3-2-4-6-12/h2-8,11,17H,9-10H2,1H3. The monoisotopic (exact) mass is 245 g/mol. The van der Waals surface area contributed by atoms with Crippen molar-refractivity contribution < 1.29 is 9.13 Å². The van der Waals surface area contributed by atoms with Gasteiger partial charge in [0.25, 0.3) is 0 Å². The van der Waals surface area contributed by atoms with Gasteiger partial charge in [0.05, 0.1) is 12.8 Å². The lowest BCUT2D eigenvalue weighted by molar-refractivity contribution is 0.415. The maximum Gasteiger partial charge on any atom is 0.142 e. The van der Waals surface area contributed by atoms with Gasteiger partial charge in [-0.1, -0.05) is 30.3 Å². The molecule has 0 aliphatic carbocycles. The Morgan fingerprint density at radius 2 is 1.89 bits per heavy atom. The molecule has 2 rings (SSSR count). The quantitative estimate of drug-likeness (QED) is 0.870. The lowest BCUT2D eigenvalue weighted by atomic mass is 10.1. The van der Waals surface area contributed by atoms with Crippen molar-refractivity contribution in [3.8, 4) is 5.75 Å². The fourth-order valence-corrected chi connectivity index (χ4v) is 1.80. The van der Waals surface area contributed by atoms with Gasteiger partial charge < -0.3 is 10.1 Å². The summed E-state index contributed by atoms with van der Waals surface area (Å²) in [5.41, 5.74) is 1.94. The van der Waals surface area contributed by atoms with E-state index < -0.39 is 0 Å². The maximum absolute atomic E-state index is 13.1. The number of anilines is 1. The minimum Gasteiger partial charge on any atom is -0.495 e. The molecule has 0 aliphatic heterocycles. The van der Waals surface area contributed by atoms with Gasteiger partial charge >= 0.3 is 0 Å². The molecule has 0 bridgehead atoms. The van der Waals surface area contributed by atoms with Gasteiger partial charge in [-0.2, -0.15) is 0 Å². The van der Waals surface area contributed by atoms with Gasteiger partial charge in [0.2, 0.25) is 0 Å². The van der Waals surface area contributed by atoms with Crippen LogP contribution in [0.1, 0.15) is 5.56 Å². The summed E-state index contributed by atoms with van der Waals surface area (Å²) in [5, 5.41) is 3.19. The highest BCUT2D eigenvalue weighted by atomic mass is 19.1. The van der Waals surface area contributed by atoms with Gasteiger partial charge in [-0.3, -0.25) is 0 Å². The predicted octanol–water partition coefficient (Wildman–Crippen LogP) is 3.49. The van der Waals surface area contributed by atoms with Crippen LogP contribution in [0, 0.1) is 5.82 Å². The summed E-state index contributed by atoms with van der Waals surface area (Å²) in [6.45, 7) is 0.740. The summed E-state index contributed by atoms with van der Waals surface area (Å²) in [4.78, 5) is 0. The number of methoxy groups -OCH3 is 1. The topological polar surface area (TPSA) is 21.3 Å². The first-order valence-electron chi connectivity index (χ1n) is 5.91. The summed E-state index contributed by atoms with van der Waals surface area (Å²) in [6.07, 6.45) is 0.889. The summed E-state index contributed by atoms with van der Waals surface area (Å²) in [5.74, 6) is 0.391. The molecule has 0 atom stereocenters. The van der Waals surface area contributed by atoms with E-state index in [-0.39, 0.29) is 5.82 Å². The second kappa shape index (κ2) is 6.05. The van der Waals surface area contributed by atoms with Crippen molar-refractivity contribution in [2.75, 3.05) is 19.0 Å². The van der Waals surface area contributed by atoms with E-state index in [0.29, 0.717) is 11.4 Å². The van der Waals surface area contributed by atoms with Crippen LogP contribution in [0.4, 0.5) is 10.1 Å². The largest absolute Gasteiger partial charge is 0.495 e. The van der Waals surface area contributed by atoms with Crippen LogP contribution >= 0.6 is 0 Å². The molecule has 2 aromatic rings. The fraction of sp³-hybridized carbons (Fsp3) is 0.200. The Morgan fingerprint density at radius 1 is 1.11 bits per heavy atom. The van der Waals surface area contributed by atoms with E-state index in [1.54, 1.807) is 13.2 Å². The van der Waals surface area contributed by atoms with E-state index in [4.69, 9.17) is 4.74 Å². The van der Waals surface area contributed by atoms with E-state index in [0.717, 1.165) is 13.0 Å². The SMILES string of the molecule is COc1ccc(F)cc1NCCc1ccccc1. The number of hydrogen-bond donors (Lipinski definition) is 1. The fourth-order valence-electron chi connectivity index (χ4n) is 1.80. The molecule has 3 heteroatoms. The number of benzene rings is 2. The molecule has 0 saturated heterocycles. The lowest BCUT2D eigenvalue weighted by Crippen LogP contribution is -2.06. The van der Waals surface area contributed by atoms with Crippen molar-refractivity contribution >= 4 is 5.69 Å². The van der Waals surface area contributed by atoms with E-state index in [1.165, 1.54) is 17.7 Å². The predicted molar refractivity (Wildman–Crippen MR) is 71.6 cm³/mol. The average Bonchev–Trinajstić information content (AvgIpc) is 2.40. The Kier molecular flexibility index (Phi) is 4.18. The highest BCUT2D eigenvalue weighted by Crippen LogP contribution is 2.24. The Morgan fingerprint density at radius 3 is 2.61 bits per heavy atom. The van der Waals surface area contributed by atoms with Crippen molar-refractivity contribution in [3.05, 3.63) is 59.9 Å². The summed E-state index contributed by atoms with van der Waals surface area (Å²) < 4.78 is 18.3. The molecule has 2 aromatic carbocycles. The molecule has 0 spiro atoms. The van der Waals surface area contributed by atoms with Gasteiger partial charge in [0.15, 0.2) is 0 Å². The number of halogens is 1. The van der Waals surface area contributed by atoms with Crippen LogP contribution in [0.2, 0.25) is 0 Å². The minimum atomic E-state index is -0.266. The van der Waals surface area contributed by atoms with Crippen LogP contribution in [0.3, 0.4) is 0 Å². The molecule has 1 N–H and O–H groups in total. The molecule has 94 valence electrons. The van der Waals surface area contributed by atoms with Gasteiger partial charge in [-0.25, -0.2) is 4.39 Å². The number of hydrogen-bond acceptors (Lipinski definition) is 2. The van der Waals surface area contributed by atoms with Crippen molar-refractivity contribution in [2.24, 2.45) is 0 Å². The van der Waals surface area contributed by atoms with Crippen molar-refractivity contribution in [2.45, 2.75) is 6.42 Å². The summed E-state index contributed by atoms with van der Waals surface area (Å²) >= 11 is 0. The molecular weight excluding hydrogens is 229 g/mol. The second-order valence-corrected chi connectivity index (χ2v) is 4.01. The molecule has 0 aliphatic rings. The number of rotatable bonds is 5. The maximum atomic E-state index is 13.1. The van der Waals surface area contributed by atoms with Gasteiger partial charge in [0, 0.05) is 12.6 Å².